The van der Waals surface area contributed by atoms with Crippen LogP contribution < -0.4 is 10.2 Å². The van der Waals surface area contributed by atoms with Crippen LogP contribution in [0.2, 0.25) is 0 Å². The standard InChI is InChI=1S/C23H24F3N3OS/c1-14-11-12-31-21(14)22(30)27-15-7-9-16(10-8-15)29(2)19-13-20(23(24,25)26)28-18-6-4-3-5-17(18)19/h3-6,11-13,15-16H,7-10H2,1-2H3,(H,27,30)/t15-,16+. The number of thiophene rings is 1. The summed E-state index contributed by atoms with van der Waals surface area (Å²) in [5.74, 6) is -0.0424. The fraction of sp³-hybridized carbons (Fsp3) is 0.391. The number of carbonyl (C=O) groups excluding carboxylic acids is 1. The smallest absolute Gasteiger partial charge is 0.371 e. The molecular formula is C23H24F3N3OS. The first-order chi connectivity index (χ1) is 14.7. The second-order valence-corrected chi connectivity index (χ2v) is 8.98. The van der Waals surface area contributed by atoms with Crippen LogP contribution in [0, 0.1) is 6.92 Å². The minimum Gasteiger partial charge on any atom is -0.371 e. The molecule has 1 aliphatic rings. The molecule has 1 aromatic carbocycles. The number of aryl methyl sites for hydroxylation is 1. The molecule has 1 aliphatic carbocycles. The lowest BCUT2D eigenvalue weighted by molar-refractivity contribution is -0.140. The molecule has 1 fully saturated rings. The number of halogens is 3. The van der Waals surface area contributed by atoms with Crippen molar-refractivity contribution in [3.05, 3.63) is 57.9 Å². The Balaban J connectivity index is 1.49. The molecule has 3 aromatic rings. The molecule has 2 aromatic heterocycles. The summed E-state index contributed by atoms with van der Waals surface area (Å²) in [6.45, 7) is 1.92. The number of nitrogens with one attached hydrogen (secondary N) is 1. The van der Waals surface area contributed by atoms with Gasteiger partial charge in [0.2, 0.25) is 0 Å². The summed E-state index contributed by atoms with van der Waals surface area (Å²) in [7, 11) is 1.85. The summed E-state index contributed by atoms with van der Waals surface area (Å²) >= 11 is 1.44. The van der Waals surface area contributed by atoms with Crippen LogP contribution in [0.5, 0.6) is 0 Å². The molecule has 0 atom stereocenters. The van der Waals surface area contributed by atoms with Gasteiger partial charge < -0.3 is 10.2 Å². The van der Waals surface area contributed by atoms with E-state index in [-0.39, 0.29) is 18.0 Å². The van der Waals surface area contributed by atoms with Crippen LogP contribution in [0.25, 0.3) is 10.9 Å². The Labute approximate surface area is 183 Å². The van der Waals surface area contributed by atoms with E-state index in [9.17, 15) is 18.0 Å². The zero-order valence-electron chi connectivity index (χ0n) is 17.4. The van der Waals surface area contributed by atoms with E-state index in [1.54, 1.807) is 12.1 Å². The van der Waals surface area contributed by atoms with Gasteiger partial charge in [0.1, 0.15) is 5.69 Å². The maximum absolute atomic E-state index is 13.4. The van der Waals surface area contributed by atoms with E-state index in [0.717, 1.165) is 42.2 Å². The van der Waals surface area contributed by atoms with Crippen LogP contribution in [0.15, 0.2) is 41.8 Å². The molecular weight excluding hydrogens is 423 g/mol. The number of hydrogen-bond acceptors (Lipinski definition) is 4. The third kappa shape index (κ3) is 4.54. The van der Waals surface area contributed by atoms with Crippen molar-refractivity contribution in [2.75, 3.05) is 11.9 Å². The van der Waals surface area contributed by atoms with Crippen LogP contribution in [0.3, 0.4) is 0 Å². The number of fused-ring (bicyclic) bond motifs is 1. The molecule has 0 spiro atoms. The number of benzene rings is 1. The van der Waals surface area contributed by atoms with Gasteiger partial charge >= 0.3 is 6.18 Å². The van der Waals surface area contributed by atoms with E-state index in [4.69, 9.17) is 0 Å². The minimum absolute atomic E-state index is 0.0424. The highest BCUT2D eigenvalue weighted by Crippen LogP contribution is 2.36. The predicted molar refractivity (Wildman–Crippen MR) is 118 cm³/mol. The van der Waals surface area contributed by atoms with Gasteiger partial charge in [-0.3, -0.25) is 4.79 Å². The van der Waals surface area contributed by atoms with Gasteiger partial charge in [-0.25, -0.2) is 4.98 Å². The minimum atomic E-state index is -4.50. The van der Waals surface area contributed by atoms with Gasteiger partial charge in [0.15, 0.2) is 0 Å². The molecule has 0 unspecified atom stereocenters. The molecule has 0 saturated heterocycles. The van der Waals surface area contributed by atoms with Gasteiger partial charge in [-0.1, -0.05) is 18.2 Å². The highest BCUT2D eigenvalue weighted by molar-refractivity contribution is 7.12. The van der Waals surface area contributed by atoms with E-state index < -0.39 is 11.9 Å². The van der Waals surface area contributed by atoms with Gasteiger partial charge in [-0.05, 0) is 61.7 Å². The Hall–Kier alpha value is -2.61. The maximum atomic E-state index is 13.4. The normalized spacial score (nSPS) is 19.4. The van der Waals surface area contributed by atoms with Gasteiger partial charge in [0.05, 0.1) is 10.4 Å². The first-order valence-electron chi connectivity index (χ1n) is 10.3. The second kappa shape index (κ2) is 8.49. The molecule has 1 N–H and O–H groups in total. The Morgan fingerprint density at radius 2 is 1.87 bits per heavy atom. The zero-order chi connectivity index (χ0) is 22.2. The summed E-state index contributed by atoms with van der Waals surface area (Å²) in [5.41, 5.74) is 0.979. The number of amides is 1. The van der Waals surface area contributed by atoms with Crippen molar-refractivity contribution in [3.63, 3.8) is 0 Å². The average molecular weight is 448 g/mol. The first kappa shape index (κ1) is 21.6. The lowest BCUT2D eigenvalue weighted by Crippen LogP contribution is -2.43. The molecule has 164 valence electrons. The van der Waals surface area contributed by atoms with Crippen molar-refractivity contribution in [3.8, 4) is 0 Å². The number of anilines is 1. The number of nitrogens with zero attached hydrogens (tertiary/aromatic N) is 2. The summed E-state index contributed by atoms with van der Waals surface area (Å²) in [5, 5.41) is 5.73. The molecule has 31 heavy (non-hydrogen) atoms. The van der Waals surface area contributed by atoms with E-state index in [1.165, 1.54) is 11.3 Å². The van der Waals surface area contributed by atoms with Crippen molar-refractivity contribution in [2.24, 2.45) is 0 Å². The summed E-state index contributed by atoms with van der Waals surface area (Å²) < 4.78 is 40.2. The Kier molecular flexibility index (Phi) is 5.92. The molecule has 4 nitrogen and oxygen atoms in total. The van der Waals surface area contributed by atoms with Gasteiger partial charge in [-0.15, -0.1) is 11.3 Å². The molecule has 4 rings (SSSR count). The van der Waals surface area contributed by atoms with E-state index in [0.29, 0.717) is 16.6 Å². The Bertz CT molecular complexity index is 1090. The lowest BCUT2D eigenvalue weighted by Gasteiger charge is -2.37. The molecule has 0 radical (unpaired) electrons. The van der Waals surface area contributed by atoms with Crippen LogP contribution in [-0.4, -0.2) is 30.0 Å². The second-order valence-electron chi connectivity index (χ2n) is 8.06. The molecule has 0 aliphatic heterocycles. The molecule has 1 saturated carbocycles. The maximum Gasteiger partial charge on any atom is 0.433 e. The number of pyridine rings is 1. The fourth-order valence-electron chi connectivity index (χ4n) is 4.25. The zero-order valence-corrected chi connectivity index (χ0v) is 18.2. The average Bonchev–Trinajstić information content (AvgIpc) is 3.18. The number of aromatic nitrogens is 1. The third-order valence-corrected chi connectivity index (χ3v) is 7.03. The van der Waals surface area contributed by atoms with Crippen molar-refractivity contribution in [1.82, 2.24) is 10.3 Å². The van der Waals surface area contributed by atoms with Crippen molar-refractivity contribution in [1.29, 1.82) is 0 Å². The van der Waals surface area contributed by atoms with Gasteiger partial charge in [0.25, 0.3) is 5.91 Å². The number of rotatable bonds is 4. The van der Waals surface area contributed by atoms with Crippen molar-refractivity contribution < 1.29 is 18.0 Å². The number of hydrogen-bond donors (Lipinski definition) is 1. The van der Waals surface area contributed by atoms with Crippen LogP contribution in [-0.2, 0) is 6.18 Å². The van der Waals surface area contributed by atoms with Crippen molar-refractivity contribution >= 4 is 33.8 Å². The number of carbonyl (C=O) groups is 1. The quantitative estimate of drug-likeness (QED) is 0.550. The summed E-state index contributed by atoms with van der Waals surface area (Å²) in [6.07, 6.45) is -1.33. The molecule has 8 heteroatoms. The van der Waals surface area contributed by atoms with E-state index in [2.05, 4.69) is 10.3 Å². The highest BCUT2D eigenvalue weighted by Gasteiger charge is 2.34. The van der Waals surface area contributed by atoms with Gasteiger partial charge in [-0.2, -0.15) is 13.2 Å². The molecule has 2 heterocycles. The SMILES string of the molecule is Cc1ccsc1C(=O)N[C@H]1CC[C@@H](N(C)c2cc(C(F)(F)F)nc3ccccc23)CC1. The largest absolute Gasteiger partial charge is 0.433 e. The Morgan fingerprint density at radius 3 is 2.52 bits per heavy atom. The highest BCUT2D eigenvalue weighted by atomic mass is 32.1. The monoisotopic (exact) mass is 447 g/mol. The number of para-hydroxylation sites is 1. The van der Waals surface area contributed by atoms with Crippen LogP contribution >= 0.6 is 11.3 Å². The summed E-state index contributed by atoms with van der Waals surface area (Å²) in [4.78, 5) is 19.0. The van der Waals surface area contributed by atoms with Gasteiger partial charge in [0, 0.05) is 30.2 Å². The topological polar surface area (TPSA) is 45.2 Å². The van der Waals surface area contributed by atoms with Crippen molar-refractivity contribution in [2.45, 2.75) is 50.9 Å². The van der Waals surface area contributed by atoms with Crippen LogP contribution in [0.1, 0.15) is 46.6 Å². The predicted octanol–water partition coefficient (Wildman–Crippen LogP) is 5.80. The van der Waals surface area contributed by atoms with E-state index >= 15 is 0 Å². The Morgan fingerprint density at radius 1 is 1.16 bits per heavy atom. The van der Waals surface area contributed by atoms with Crippen LogP contribution in [0.4, 0.5) is 18.9 Å². The third-order valence-electron chi connectivity index (χ3n) is 6.01. The lowest BCUT2D eigenvalue weighted by atomic mass is 9.89. The molecule has 0 bridgehead atoms. The summed E-state index contributed by atoms with van der Waals surface area (Å²) in [6, 6.07) is 10.2. The van der Waals surface area contributed by atoms with E-state index in [1.807, 2.05) is 42.5 Å². The number of alkyl halides is 3. The molecule has 1 amide bonds. The fourth-order valence-corrected chi connectivity index (χ4v) is 5.08. The first-order valence-corrected chi connectivity index (χ1v) is 11.2.